The highest BCUT2D eigenvalue weighted by atomic mass is 79.9. The van der Waals surface area contributed by atoms with Crippen molar-refractivity contribution in [2.24, 2.45) is 5.92 Å². The Morgan fingerprint density at radius 1 is 1.12 bits per heavy atom. The van der Waals surface area contributed by atoms with Crippen molar-refractivity contribution in [3.63, 3.8) is 0 Å². The molecule has 2 rings (SSSR count). The van der Waals surface area contributed by atoms with E-state index in [1.807, 2.05) is 0 Å². The summed E-state index contributed by atoms with van der Waals surface area (Å²) in [7, 11) is 0. The van der Waals surface area contributed by atoms with Gasteiger partial charge >= 0.3 is 0 Å². The van der Waals surface area contributed by atoms with Gasteiger partial charge in [-0.3, -0.25) is 0 Å². The van der Waals surface area contributed by atoms with Gasteiger partial charge in [0.25, 0.3) is 0 Å². The fourth-order valence-electron chi connectivity index (χ4n) is 3.34. The van der Waals surface area contributed by atoms with Gasteiger partial charge in [0.2, 0.25) is 0 Å². The van der Waals surface area contributed by atoms with Gasteiger partial charge in [0, 0.05) is 4.83 Å². The monoisotopic (exact) mass is 294 g/mol. The molecular formula is C16H23Br. The molecule has 1 aromatic carbocycles. The fourth-order valence-corrected chi connectivity index (χ4v) is 4.59. The quantitative estimate of drug-likeness (QED) is 0.634. The number of alkyl halides is 1. The van der Waals surface area contributed by atoms with Crippen LogP contribution in [0.2, 0.25) is 0 Å². The Morgan fingerprint density at radius 3 is 2.18 bits per heavy atom. The lowest BCUT2D eigenvalue weighted by molar-refractivity contribution is 0.500. The fraction of sp³-hybridized carbons (Fsp3) is 0.625. The van der Waals surface area contributed by atoms with Crippen molar-refractivity contribution in [3.05, 3.63) is 34.4 Å². The van der Waals surface area contributed by atoms with Crippen LogP contribution < -0.4 is 0 Å². The summed E-state index contributed by atoms with van der Waals surface area (Å²) in [6.45, 7) is 6.68. The molecule has 1 aromatic rings. The Bertz CT molecular complexity index is 366. The highest BCUT2D eigenvalue weighted by molar-refractivity contribution is 9.09. The van der Waals surface area contributed by atoms with Crippen LogP contribution >= 0.6 is 15.9 Å². The predicted octanol–water partition coefficient (Wildman–Crippen LogP) is 5.63. The summed E-state index contributed by atoms with van der Waals surface area (Å²) in [4.78, 5) is 0.547. The van der Waals surface area contributed by atoms with Gasteiger partial charge < -0.3 is 0 Å². The second-order valence-electron chi connectivity index (χ2n) is 5.67. The largest absolute Gasteiger partial charge is 0.0838 e. The first kappa shape index (κ1) is 13.1. The van der Waals surface area contributed by atoms with Crippen molar-refractivity contribution >= 4 is 15.9 Å². The second kappa shape index (κ2) is 5.56. The zero-order valence-corrected chi connectivity index (χ0v) is 12.8. The molecule has 0 amide bonds. The molecule has 0 bridgehead atoms. The number of rotatable bonds is 3. The second-order valence-corrected chi connectivity index (χ2v) is 6.77. The lowest BCUT2D eigenvalue weighted by Gasteiger charge is -2.20. The molecular weight excluding hydrogens is 272 g/mol. The molecule has 0 saturated heterocycles. The first-order chi connectivity index (χ1) is 8.08. The smallest absolute Gasteiger partial charge is 0.0403 e. The summed E-state index contributed by atoms with van der Waals surface area (Å²) in [6.07, 6.45) is 7.06. The van der Waals surface area contributed by atoms with Crippen LogP contribution in [0.15, 0.2) is 12.1 Å². The molecule has 1 fully saturated rings. The van der Waals surface area contributed by atoms with Crippen LogP contribution in [0.4, 0.5) is 0 Å². The van der Waals surface area contributed by atoms with Crippen molar-refractivity contribution in [2.45, 2.75) is 57.7 Å². The number of hydrogen-bond donors (Lipinski definition) is 0. The van der Waals surface area contributed by atoms with Gasteiger partial charge in [-0.25, -0.2) is 0 Å². The van der Waals surface area contributed by atoms with E-state index < -0.39 is 0 Å². The summed E-state index contributed by atoms with van der Waals surface area (Å²) < 4.78 is 0. The van der Waals surface area contributed by atoms with E-state index in [4.69, 9.17) is 0 Å². The van der Waals surface area contributed by atoms with Crippen molar-refractivity contribution in [2.75, 3.05) is 0 Å². The molecule has 0 heterocycles. The first-order valence-electron chi connectivity index (χ1n) is 6.79. The SMILES string of the molecule is Cc1cc(C)c(C(Br)CC2CCCC2)c(C)c1. The van der Waals surface area contributed by atoms with Gasteiger partial charge in [-0.1, -0.05) is 59.3 Å². The van der Waals surface area contributed by atoms with Crippen LogP contribution in [0, 0.1) is 26.7 Å². The maximum Gasteiger partial charge on any atom is 0.0403 e. The molecule has 0 aromatic heterocycles. The third kappa shape index (κ3) is 3.13. The third-order valence-corrected chi connectivity index (χ3v) is 4.90. The Kier molecular flexibility index (Phi) is 4.30. The molecule has 1 aliphatic rings. The molecule has 1 heteroatoms. The number of halogens is 1. The maximum absolute atomic E-state index is 3.92. The van der Waals surface area contributed by atoms with Crippen LogP contribution in [0.5, 0.6) is 0 Å². The number of hydrogen-bond acceptors (Lipinski definition) is 0. The van der Waals surface area contributed by atoms with Gasteiger partial charge in [0.1, 0.15) is 0 Å². The lowest BCUT2D eigenvalue weighted by atomic mass is 9.92. The van der Waals surface area contributed by atoms with Crippen LogP contribution in [-0.4, -0.2) is 0 Å². The normalized spacial score (nSPS) is 18.6. The highest BCUT2D eigenvalue weighted by Gasteiger charge is 2.21. The average molecular weight is 295 g/mol. The third-order valence-electron chi connectivity index (χ3n) is 4.07. The van der Waals surface area contributed by atoms with Gasteiger partial charge in [-0.05, 0) is 49.8 Å². The molecule has 17 heavy (non-hydrogen) atoms. The van der Waals surface area contributed by atoms with Crippen molar-refractivity contribution < 1.29 is 0 Å². The highest BCUT2D eigenvalue weighted by Crippen LogP contribution is 2.39. The van der Waals surface area contributed by atoms with Crippen LogP contribution in [0.3, 0.4) is 0 Å². The van der Waals surface area contributed by atoms with E-state index in [9.17, 15) is 0 Å². The first-order valence-corrected chi connectivity index (χ1v) is 7.71. The molecule has 1 saturated carbocycles. The van der Waals surface area contributed by atoms with E-state index in [0.29, 0.717) is 4.83 Å². The van der Waals surface area contributed by atoms with E-state index in [1.54, 1.807) is 0 Å². The minimum atomic E-state index is 0.547. The van der Waals surface area contributed by atoms with Crippen molar-refractivity contribution in [1.82, 2.24) is 0 Å². The maximum atomic E-state index is 3.92. The van der Waals surface area contributed by atoms with Crippen molar-refractivity contribution in [3.8, 4) is 0 Å². The van der Waals surface area contributed by atoms with Gasteiger partial charge in [-0.15, -0.1) is 0 Å². The molecule has 0 spiro atoms. The Labute approximate surface area is 114 Å². The van der Waals surface area contributed by atoms with Gasteiger partial charge in [0.05, 0.1) is 0 Å². The zero-order chi connectivity index (χ0) is 12.4. The molecule has 1 unspecified atom stereocenters. The minimum Gasteiger partial charge on any atom is -0.0838 e. The molecule has 0 aliphatic heterocycles. The van der Waals surface area contributed by atoms with E-state index in [2.05, 4.69) is 48.8 Å². The van der Waals surface area contributed by atoms with E-state index in [-0.39, 0.29) is 0 Å². The predicted molar refractivity (Wildman–Crippen MR) is 78.9 cm³/mol. The zero-order valence-electron chi connectivity index (χ0n) is 11.2. The molecule has 1 aliphatic carbocycles. The van der Waals surface area contributed by atoms with E-state index >= 15 is 0 Å². The van der Waals surface area contributed by atoms with Crippen LogP contribution in [-0.2, 0) is 0 Å². The van der Waals surface area contributed by atoms with Gasteiger partial charge in [-0.2, -0.15) is 0 Å². The molecule has 0 radical (unpaired) electrons. The molecule has 0 nitrogen and oxygen atoms in total. The Hall–Kier alpha value is -0.300. The molecule has 1 atom stereocenters. The van der Waals surface area contributed by atoms with Crippen LogP contribution in [0.25, 0.3) is 0 Å². The summed E-state index contributed by atoms with van der Waals surface area (Å²) in [5, 5.41) is 0. The standard InChI is InChI=1S/C16H23Br/c1-11-8-12(2)16(13(3)9-11)15(17)10-14-6-4-5-7-14/h8-9,14-15H,4-7,10H2,1-3H3. The van der Waals surface area contributed by atoms with E-state index in [0.717, 1.165) is 5.92 Å². The van der Waals surface area contributed by atoms with Crippen molar-refractivity contribution in [1.29, 1.82) is 0 Å². The van der Waals surface area contributed by atoms with Gasteiger partial charge in [0.15, 0.2) is 0 Å². The summed E-state index contributed by atoms with van der Waals surface area (Å²) in [6, 6.07) is 4.62. The summed E-state index contributed by atoms with van der Waals surface area (Å²) in [5.41, 5.74) is 5.80. The van der Waals surface area contributed by atoms with E-state index in [1.165, 1.54) is 54.4 Å². The Balaban J connectivity index is 2.15. The summed E-state index contributed by atoms with van der Waals surface area (Å²) in [5.74, 6) is 0.944. The lowest BCUT2D eigenvalue weighted by Crippen LogP contribution is -2.03. The van der Waals surface area contributed by atoms with Crippen LogP contribution in [0.1, 0.15) is 59.2 Å². The summed E-state index contributed by atoms with van der Waals surface area (Å²) >= 11 is 3.92. The molecule has 0 N–H and O–H groups in total. The minimum absolute atomic E-state index is 0.547. The molecule has 94 valence electrons. The number of aryl methyl sites for hydroxylation is 3. The number of benzene rings is 1. The Morgan fingerprint density at radius 2 is 1.65 bits per heavy atom. The topological polar surface area (TPSA) is 0 Å². The average Bonchev–Trinajstić information content (AvgIpc) is 2.68.